The van der Waals surface area contributed by atoms with Crippen molar-refractivity contribution in [3.63, 3.8) is 0 Å². The molecule has 0 aromatic carbocycles. The first-order valence-electron chi connectivity index (χ1n) is 5.54. The van der Waals surface area contributed by atoms with Gasteiger partial charge in [0, 0.05) is 38.7 Å². The highest BCUT2D eigenvalue weighted by molar-refractivity contribution is 5.74. The van der Waals surface area contributed by atoms with E-state index in [4.69, 9.17) is 4.74 Å². The standard InChI is InChI=1S/C10H18N2O3/c13-10(14)9(8-1-6-15-7-8)12-4-2-11-3-5-12/h8-9,11H,1-7H2,(H,13,14). The fourth-order valence-electron chi connectivity index (χ4n) is 2.42. The molecule has 2 fully saturated rings. The number of ether oxygens (including phenoxy) is 1. The normalized spacial score (nSPS) is 30.3. The largest absolute Gasteiger partial charge is 0.480 e. The van der Waals surface area contributed by atoms with E-state index in [1.54, 1.807) is 0 Å². The van der Waals surface area contributed by atoms with Gasteiger partial charge in [-0.3, -0.25) is 9.69 Å². The van der Waals surface area contributed by atoms with Gasteiger partial charge in [0.05, 0.1) is 6.61 Å². The molecular weight excluding hydrogens is 196 g/mol. The molecule has 0 bridgehead atoms. The molecule has 2 unspecified atom stereocenters. The van der Waals surface area contributed by atoms with Crippen molar-refractivity contribution in [2.45, 2.75) is 12.5 Å². The lowest BCUT2D eigenvalue weighted by Gasteiger charge is -2.34. The van der Waals surface area contributed by atoms with Crippen LogP contribution in [0.25, 0.3) is 0 Å². The summed E-state index contributed by atoms with van der Waals surface area (Å²) in [5, 5.41) is 12.5. The second-order valence-corrected chi connectivity index (χ2v) is 4.19. The minimum Gasteiger partial charge on any atom is -0.480 e. The molecule has 0 amide bonds. The summed E-state index contributed by atoms with van der Waals surface area (Å²) in [6, 6.07) is -0.352. The van der Waals surface area contributed by atoms with E-state index in [-0.39, 0.29) is 12.0 Å². The molecule has 2 atom stereocenters. The average molecular weight is 214 g/mol. The summed E-state index contributed by atoms with van der Waals surface area (Å²) in [6.45, 7) is 4.73. The topological polar surface area (TPSA) is 61.8 Å². The molecule has 2 rings (SSSR count). The fraction of sp³-hybridized carbons (Fsp3) is 0.900. The Bertz CT molecular complexity index is 223. The molecule has 0 radical (unpaired) electrons. The second-order valence-electron chi connectivity index (χ2n) is 4.19. The first-order valence-corrected chi connectivity index (χ1v) is 5.54. The molecular formula is C10H18N2O3. The zero-order valence-corrected chi connectivity index (χ0v) is 8.82. The van der Waals surface area contributed by atoms with Crippen molar-refractivity contribution in [2.24, 2.45) is 5.92 Å². The molecule has 86 valence electrons. The van der Waals surface area contributed by atoms with Crippen LogP contribution in [0.2, 0.25) is 0 Å². The Balaban J connectivity index is 2.00. The highest BCUT2D eigenvalue weighted by Crippen LogP contribution is 2.21. The predicted octanol–water partition coefficient (Wildman–Crippen LogP) is -0.619. The average Bonchev–Trinajstić information content (AvgIpc) is 2.72. The number of carboxylic acids is 1. The van der Waals surface area contributed by atoms with Crippen LogP contribution in [0.3, 0.4) is 0 Å². The number of piperazine rings is 1. The van der Waals surface area contributed by atoms with Crippen molar-refractivity contribution >= 4 is 5.97 Å². The van der Waals surface area contributed by atoms with Crippen molar-refractivity contribution in [1.82, 2.24) is 10.2 Å². The third kappa shape index (κ3) is 2.48. The van der Waals surface area contributed by atoms with Gasteiger partial charge in [-0.1, -0.05) is 0 Å². The van der Waals surface area contributed by atoms with Crippen molar-refractivity contribution in [1.29, 1.82) is 0 Å². The SMILES string of the molecule is O=C(O)C(C1CCOC1)N1CCNCC1. The van der Waals surface area contributed by atoms with Gasteiger partial charge in [0.25, 0.3) is 0 Å². The fourth-order valence-corrected chi connectivity index (χ4v) is 2.42. The van der Waals surface area contributed by atoms with E-state index < -0.39 is 5.97 Å². The number of nitrogens with one attached hydrogen (secondary N) is 1. The number of rotatable bonds is 3. The first-order chi connectivity index (χ1) is 7.29. The molecule has 2 N–H and O–H groups in total. The van der Waals surface area contributed by atoms with E-state index in [9.17, 15) is 9.90 Å². The zero-order chi connectivity index (χ0) is 10.7. The zero-order valence-electron chi connectivity index (χ0n) is 8.82. The minimum atomic E-state index is -0.701. The van der Waals surface area contributed by atoms with Crippen LogP contribution < -0.4 is 5.32 Å². The number of carbonyl (C=O) groups is 1. The third-order valence-electron chi connectivity index (χ3n) is 3.21. The first kappa shape index (κ1) is 10.9. The van der Waals surface area contributed by atoms with Crippen LogP contribution in [0, 0.1) is 5.92 Å². The molecule has 2 aliphatic rings. The van der Waals surface area contributed by atoms with E-state index in [2.05, 4.69) is 10.2 Å². The van der Waals surface area contributed by atoms with Crippen LogP contribution in [0.1, 0.15) is 6.42 Å². The summed E-state index contributed by atoms with van der Waals surface area (Å²) < 4.78 is 5.27. The Labute approximate surface area is 89.4 Å². The predicted molar refractivity (Wildman–Crippen MR) is 54.8 cm³/mol. The number of hydrogen-bond donors (Lipinski definition) is 2. The molecule has 0 spiro atoms. The van der Waals surface area contributed by atoms with E-state index in [0.717, 1.165) is 32.6 Å². The number of hydrogen-bond acceptors (Lipinski definition) is 4. The van der Waals surface area contributed by atoms with Crippen LogP contribution in [-0.4, -0.2) is 61.4 Å². The summed E-state index contributed by atoms with van der Waals surface area (Å²) in [5.74, 6) is -0.534. The molecule has 5 heteroatoms. The Kier molecular flexibility index (Phi) is 3.56. The highest BCUT2D eigenvalue weighted by Gasteiger charge is 2.36. The summed E-state index contributed by atoms with van der Waals surface area (Å²) in [5.41, 5.74) is 0. The molecule has 2 aliphatic heterocycles. The molecule has 2 heterocycles. The van der Waals surface area contributed by atoms with Crippen LogP contribution in [0.4, 0.5) is 0 Å². The number of carboxylic acid groups (broad SMARTS) is 1. The van der Waals surface area contributed by atoms with Crippen molar-refractivity contribution in [3.05, 3.63) is 0 Å². The van der Waals surface area contributed by atoms with E-state index in [1.165, 1.54) is 0 Å². The van der Waals surface area contributed by atoms with E-state index >= 15 is 0 Å². The number of aliphatic carboxylic acids is 1. The van der Waals surface area contributed by atoms with Crippen LogP contribution in [0.5, 0.6) is 0 Å². The second kappa shape index (κ2) is 4.92. The molecule has 0 aromatic heterocycles. The van der Waals surface area contributed by atoms with Gasteiger partial charge in [-0.25, -0.2) is 0 Å². The lowest BCUT2D eigenvalue weighted by Crippen LogP contribution is -2.54. The maximum Gasteiger partial charge on any atom is 0.321 e. The lowest BCUT2D eigenvalue weighted by molar-refractivity contribution is -0.146. The van der Waals surface area contributed by atoms with Crippen LogP contribution in [0.15, 0.2) is 0 Å². The van der Waals surface area contributed by atoms with Gasteiger partial charge in [0.2, 0.25) is 0 Å². The Hall–Kier alpha value is -0.650. The third-order valence-corrected chi connectivity index (χ3v) is 3.21. The molecule has 2 saturated heterocycles. The molecule has 0 aliphatic carbocycles. The summed E-state index contributed by atoms with van der Waals surface area (Å²) in [7, 11) is 0. The Morgan fingerprint density at radius 1 is 1.47 bits per heavy atom. The maximum atomic E-state index is 11.3. The lowest BCUT2D eigenvalue weighted by atomic mass is 9.97. The highest BCUT2D eigenvalue weighted by atomic mass is 16.5. The molecule has 0 saturated carbocycles. The van der Waals surface area contributed by atoms with Crippen molar-refractivity contribution in [2.75, 3.05) is 39.4 Å². The molecule has 0 aromatic rings. The smallest absolute Gasteiger partial charge is 0.321 e. The van der Waals surface area contributed by atoms with E-state index in [1.807, 2.05) is 0 Å². The van der Waals surface area contributed by atoms with Gasteiger partial charge >= 0.3 is 5.97 Å². The van der Waals surface area contributed by atoms with Gasteiger partial charge < -0.3 is 15.2 Å². The van der Waals surface area contributed by atoms with Crippen LogP contribution in [-0.2, 0) is 9.53 Å². The van der Waals surface area contributed by atoms with Crippen LogP contribution >= 0.6 is 0 Å². The molecule has 15 heavy (non-hydrogen) atoms. The summed E-state index contributed by atoms with van der Waals surface area (Å²) in [6.07, 6.45) is 0.876. The monoisotopic (exact) mass is 214 g/mol. The van der Waals surface area contributed by atoms with Gasteiger partial charge in [0.1, 0.15) is 6.04 Å². The molecule has 5 nitrogen and oxygen atoms in total. The van der Waals surface area contributed by atoms with Gasteiger partial charge in [-0.15, -0.1) is 0 Å². The van der Waals surface area contributed by atoms with Crippen molar-refractivity contribution < 1.29 is 14.6 Å². The quantitative estimate of drug-likeness (QED) is 0.655. The van der Waals surface area contributed by atoms with Crippen molar-refractivity contribution in [3.8, 4) is 0 Å². The summed E-state index contributed by atoms with van der Waals surface area (Å²) in [4.78, 5) is 13.3. The van der Waals surface area contributed by atoms with Gasteiger partial charge in [0.15, 0.2) is 0 Å². The van der Waals surface area contributed by atoms with Gasteiger partial charge in [-0.2, -0.15) is 0 Å². The summed E-state index contributed by atoms with van der Waals surface area (Å²) >= 11 is 0. The van der Waals surface area contributed by atoms with Gasteiger partial charge in [-0.05, 0) is 6.42 Å². The number of nitrogens with zero attached hydrogens (tertiary/aromatic N) is 1. The Morgan fingerprint density at radius 2 is 2.20 bits per heavy atom. The minimum absolute atomic E-state index is 0.167. The Morgan fingerprint density at radius 3 is 2.73 bits per heavy atom. The van der Waals surface area contributed by atoms with E-state index in [0.29, 0.717) is 13.2 Å². The maximum absolute atomic E-state index is 11.3.